The summed E-state index contributed by atoms with van der Waals surface area (Å²) in [6.07, 6.45) is 3.40. The Hall–Kier alpha value is -0.170. The molecule has 0 aromatic carbocycles. The number of hydrogen-bond donors (Lipinski definition) is 1. The zero-order valence-corrected chi connectivity index (χ0v) is 12.1. The number of hydrogen-bond acceptors (Lipinski definition) is 3. The standard InChI is InChI=1S/C11H25N3O2S/c1-10(2)14(4)17(15,16)13(3)9-5-8-12-11-6-7-11/h10-12H,5-9H2,1-4H3. The molecule has 0 heterocycles. The van der Waals surface area contributed by atoms with Crippen LogP contribution >= 0.6 is 0 Å². The topological polar surface area (TPSA) is 52.7 Å². The Balaban J connectivity index is 2.31. The Bertz CT molecular complexity index is 326. The van der Waals surface area contributed by atoms with Gasteiger partial charge in [-0.15, -0.1) is 0 Å². The fraction of sp³-hybridized carbons (Fsp3) is 1.00. The van der Waals surface area contributed by atoms with E-state index in [1.165, 1.54) is 21.5 Å². The van der Waals surface area contributed by atoms with Gasteiger partial charge in [-0.25, -0.2) is 0 Å². The van der Waals surface area contributed by atoms with Crippen molar-refractivity contribution in [3.63, 3.8) is 0 Å². The lowest BCUT2D eigenvalue weighted by atomic mass is 10.4. The minimum Gasteiger partial charge on any atom is -0.314 e. The predicted octanol–water partition coefficient (Wildman–Crippen LogP) is 0.645. The van der Waals surface area contributed by atoms with Crippen LogP contribution in [0.2, 0.25) is 0 Å². The van der Waals surface area contributed by atoms with Crippen LogP contribution in [0.15, 0.2) is 0 Å². The van der Waals surface area contributed by atoms with Crippen LogP contribution in [-0.2, 0) is 10.2 Å². The van der Waals surface area contributed by atoms with Gasteiger partial charge >= 0.3 is 0 Å². The Morgan fingerprint density at radius 2 is 1.88 bits per heavy atom. The molecule has 102 valence electrons. The van der Waals surface area contributed by atoms with Crippen LogP contribution in [0.25, 0.3) is 0 Å². The average molecular weight is 263 g/mol. The summed E-state index contributed by atoms with van der Waals surface area (Å²) in [5, 5.41) is 3.38. The molecule has 17 heavy (non-hydrogen) atoms. The van der Waals surface area contributed by atoms with Gasteiger partial charge in [0.25, 0.3) is 10.2 Å². The highest BCUT2D eigenvalue weighted by molar-refractivity contribution is 7.86. The van der Waals surface area contributed by atoms with Crippen molar-refractivity contribution in [2.45, 2.75) is 45.2 Å². The lowest BCUT2D eigenvalue weighted by Crippen LogP contribution is -2.43. The Labute approximate surface area is 105 Å². The quantitative estimate of drug-likeness (QED) is 0.654. The molecule has 0 bridgehead atoms. The number of nitrogens with one attached hydrogen (secondary N) is 1. The van der Waals surface area contributed by atoms with Gasteiger partial charge in [0, 0.05) is 32.7 Å². The third-order valence-electron chi connectivity index (χ3n) is 3.15. The molecule has 6 heteroatoms. The minimum atomic E-state index is -3.28. The molecule has 0 saturated heterocycles. The fourth-order valence-electron chi connectivity index (χ4n) is 1.50. The Kier molecular flexibility index (Phi) is 5.37. The van der Waals surface area contributed by atoms with E-state index in [4.69, 9.17) is 0 Å². The Morgan fingerprint density at radius 1 is 1.29 bits per heavy atom. The summed E-state index contributed by atoms with van der Waals surface area (Å²) in [4.78, 5) is 0. The third-order valence-corrected chi connectivity index (χ3v) is 5.26. The van der Waals surface area contributed by atoms with E-state index in [9.17, 15) is 8.42 Å². The molecule has 0 aromatic rings. The van der Waals surface area contributed by atoms with E-state index in [0.29, 0.717) is 12.6 Å². The smallest absolute Gasteiger partial charge is 0.281 e. The third kappa shape index (κ3) is 4.54. The SMILES string of the molecule is CC(C)N(C)S(=O)(=O)N(C)CCCNC1CC1. The van der Waals surface area contributed by atoms with Crippen molar-refractivity contribution in [3.05, 3.63) is 0 Å². The second-order valence-electron chi connectivity index (χ2n) is 5.02. The lowest BCUT2D eigenvalue weighted by molar-refractivity contribution is 0.354. The maximum atomic E-state index is 12.0. The molecule has 1 saturated carbocycles. The van der Waals surface area contributed by atoms with Gasteiger partial charge in [-0.3, -0.25) is 0 Å². The van der Waals surface area contributed by atoms with Gasteiger partial charge in [-0.2, -0.15) is 17.0 Å². The number of rotatable bonds is 8. The fourth-order valence-corrected chi connectivity index (χ4v) is 2.83. The highest BCUT2D eigenvalue weighted by atomic mass is 32.2. The molecule has 1 aliphatic carbocycles. The maximum Gasteiger partial charge on any atom is 0.281 e. The van der Waals surface area contributed by atoms with E-state index in [0.717, 1.165) is 13.0 Å². The van der Waals surface area contributed by atoms with E-state index in [1.807, 2.05) is 13.8 Å². The van der Waals surface area contributed by atoms with Crippen molar-refractivity contribution in [3.8, 4) is 0 Å². The average Bonchev–Trinajstić information content (AvgIpc) is 3.06. The summed E-state index contributed by atoms with van der Waals surface area (Å²) in [5.41, 5.74) is 0. The predicted molar refractivity (Wildman–Crippen MR) is 70.1 cm³/mol. The largest absolute Gasteiger partial charge is 0.314 e. The molecular formula is C11H25N3O2S. The summed E-state index contributed by atoms with van der Waals surface area (Å²) < 4.78 is 26.9. The summed E-state index contributed by atoms with van der Waals surface area (Å²) in [7, 11) is -0.0163. The molecule has 5 nitrogen and oxygen atoms in total. The van der Waals surface area contributed by atoms with Gasteiger partial charge in [-0.05, 0) is 39.7 Å². The normalized spacial score (nSPS) is 17.4. The molecule has 0 atom stereocenters. The van der Waals surface area contributed by atoms with E-state index in [1.54, 1.807) is 14.1 Å². The van der Waals surface area contributed by atoms with Crippen LogP contribution in [0.5, 0.6) is 0 Å². The first kappa shape index (κ1) is 14.9. The zero-order chi connectivity index (χ0) is 13.1. The molecule has 0 spiro atoms. The first-order valence-corrected chi connectivity index (χ1v) is 7.68. The van der Waals surface area contributed by atoms with Crippen molar-refractivity contribution in [2.75, 3.05) is 27.2 Å². The van der Waals surface area contributed by atoms with Crippen molar-refractivity contribution in [1.29, 1.82) is 0 Å². The molecule has 0 aromatic heterocycles. The van der Waals surface area contributed by atoms with Crippen LogP contribution in [0.1, 0.15) is 33.1 Å². The monoisotopic (exact) mass is 263 g/mol. The molecule has 0 amide bonds. The Morgan fingerprint density at radius 3 is 2.35 bits per heavy atom. The van der Waals surface area contributed by atoms with Gasteiger partial charge in [0.2, 0.25) is 0 Å². The summed E-state index contributed by atoms with van der Waals surface area (Å²) >= 11 is 0. The molecular weight excluding hydrogens is 238 g/mol. The summed E-state index contributed by atoms with van der Waals surface area (Å²) in [6.45, 7) is 5.22. The first-order valence-electron chi connectivity index (χ1n) is 6.28. The van der Waals surface area contributed by atoms with Crippen LogP contribution in [0.4, 0.5) is 0 Å². The zero-order valence-electron chi connectivity index (χ0n) is 11.3. The van der Waals surface area contributed by atoms with Crippen LogP contribution in [-0.4, -0.2) is 56.3 Å². The van der Waals surface area contributed by atoms with Crippen LogP contribution in [0, 0.1) is 0 Å². The molecule has 0 radical (unpaired) electrons. The molecule has 0 unspecified atom stereocenters. The summed E-state index contributed by atoms with van der Waals surface area (Å²) in [6, 6.07) is 0.683. The second kappa shape index (κ2) is 6.13. The summed E-state index contributed by atoms with van der Waals surface area (Å²) in [5.74, 6) is 0. The van der Waals surface area contributed by atoms with Crippen molar-refractivity contribution >= 4 is 10.2 Å². The van der Waals surface area contributed by atoms with E-state index in [-0.39, 0.29) is 6.04 Å². The molecule has 1 rings (SSSR count). The van der Waals surface area contributed by atoms with Gasteiger partial charge in [-0.1, -0.05) is 0 Å². The maximum absolute atomic E-state index is 12.0. The van der Waals surface area contributed by atoms with Crippen molar-refractivity contribution in [1.82, 2.24) is 13.9 Å². The van der Waals surface area contributed by atoms with Gasteiger partial charge < -0.3 is 5.32 Å². The van der Waals surface area contributed by atoms with Crippen molar-refractivity contribution < 1.29 is 8.42 Å². The van der Waals surface area contributed by atoms with E-state index in [2.05, 4.69) is 5.32 Å². The highest BCUT2D eigenvalue weighted by Gasteiger charge is 2.25. The molecule has 1 fully saturated rings. The molecule has 1 aliphatic rings. The van der Waals surface area contributed by atoms with Crippen LogP contribution in [0.3, 0.4) is 0 Å². The molecule has 0 aliphatic heterocycles. The molecule has 1 N–H and O–H groups in total. The van der Waals surface area contributed by atoms with Crippen molar-refractivity contribution in [2.24, 2.45) is 0 Å². The van der Waals surface area contributed by atoms with Crippen LogP contribution < -0.4 is 5.32 Å². The van der Waals surface area contributed by atoms with Gasteiger partial charge in [0.15, 0.2) is 0 Å². The van der Waals surface area contributed by atoms with Gasteiger partial charge in [0.05, 0.1) is 0 Å². The van der Waals surface area contributed by atoms with Gasteiger partial charge in [0.1, 0.15) is 0 Å². The number of nitrogens with zero attached hydrogens (tertiary/aromatic N) is 2. The van der Waals surface area contributed by atoms with E-state index >= 15 is 0 Å². The van der Waals surface area contributed by atoms with E-state index < -0.39 is 10.2 Å². The second-order valence-corrected chi connectivity index (χ2v) is 7.12. The first-order chi connectivity index (χ1) is 7.85. The highest BCUT2D eigenvalue weighted by Crippen LogP contribution is 2.18. The lowest BCUT2D eigenvalue weighted by Gasteiger charge is -2.27. The minimum absolute atomic E-state index is 0.00737.